The molecule has 0 bridgehead atoms. The molecule has 2 aromatic rings. The molecule has 0 radical (unpaired) electrons. The van der Waals surface area contributed by atoms with Crippen LogP contribution in [0.5, 0.6) is 11.5 Å². The Morgan fingerprint density at radius 1 is 1.11 bits per heavy atom. The molecule has 0 spiro atoms. The third-order valence-electron chi connectivity index (χ3n) is 2.67. The lowest BCUT2D eigenvalue weighted by molar-refractivity contribution is 0.303. The van der Waals surface area contributed by atoms with Gasteiger partial charge >= 0.3 is 0 Å². The molecule has 2 rings (SSSR count). The Hall–Kier alpha value is -1.20. The van der Waals surface area contributed by atoms with Crippen molar-refractivity contribution in [1.82, 2.24) is 0 Å². The SMILES string of the molecule is COc1ccc(OCc2c(N)cccc2Br)c(Br)c1. The molecular formula is C14H13Br2NO2. The maximum Gasteiger partial charge on any atom is 0.134 e. The van der Waals surface area contributed by atoms with E-state index in [0.717, 1.165) is 26.0 Å². The largest absolute Gasteiger partial charge is 0.497 e. The second kappa shape index (κ2) is 6.30. The first-order valence-corrected chi connectivity index (χ1v) is 7.19. The number of hydrogen-bond acceptors (Lipinski definition) is 3. The second-order valence-electron chi connectivity index (χ2n) is 3.89. The van der Waals surface area contributed by atoms with Crippen LogP contribution in [0.3, 0.4) is 0 Å². The third kappa shape index (κ3) is 3.42. The van der Waals surface area contributed by atoms with Crippen LogP contribution in [-0.4, -0.2) is 7.11 Å². The van der Waals surface area contributed by atoms with Crippen molar-refractivity contribution in [3.05, 3.63) is 50.9 Å². The summed E-state index contributed by atoms with van der Waals surface area (Å²) in [5.41, 5.74) is 7.57. The monoisotopic (exact) mass is 385 g/mol. The van der Waals surface area contributed by atoms with Gasteiger partial charge in [-0.15, -0.1) is 0 Å². The Morgan fingerprint density at radius 2 is 1.89 bits per heavy atom. The first-order chi connectivity index (χ1) is 9.11. The van der Waals surface area contributed by atoms with Crippen LogP contribution in [0.4, 0.5) is 5.69 Å². The van der Waals surface area contributed by atoms with E-state index in [1.54, 1.807) is 7.11 Å². The molecule has 2 N–H and O–H groups in total. The molecule has 0 saturated carbocycles. The topological polar surface area (TPSA) is 44.5 Å². The lowest BCUT2D eigenvalue weighted by atomic mass is 10.2. The summed E-state index contributed by atoms with van der Waals surface area (Å²) in [5.74, 6) is 1.52. The number of benzene rings is 2. The molecule has 100 valence electrons. The zero-order valence-electron chi connectivity index (χ0n) is 10.3. The number of nitrogen functional groups attached to an aromatic ring is 1. The van der Waals surface area contributed by atoms with Crippen molar-refractivity contribution >= 4 is 37.5 Å². The summed E-state index contributed by atoms with van der Waals surface area (Å²) < 4.78 is 12.7. The summed E-state index contributed by atoms with van der Waals surface area (Å²) in [6, 6.07) is 11.3. The fourth-order valence-electron chi connectivity index (χ4n) is 1.60. The van der Waals surface area contributed by atoms with Crippen LogP contribution in [0, 0.1) is 0 Å². The Balaban J connectivity index is 2.15. The molecule has 19 heavy (non-hydrogen) atoms. The molecule has 0 aliphatic heterocycles. The number of rotatable bonds is 4. The number of nitrogens with two attached hydrogens (primary N) is 1. The molecule has 5 heteroatoms. The molecule has 0 aromatic heterocycles. The highest BCUT2D eigenvalue weighted by Crippen LogP contribution is 2.31. The molecule has 0 saturated heterocycles. The van der Waals surface area contributed by atoms with Gasteiger partial charge in [0.2, 0.25) is 0 Å². The van der Waals surface area contributed by atoms with Crippen LogP contribution < -0.4 is 15.2 Å². The van der Waals surface area contributed by atoms with E-state index in [9.17, 15) is 0 Å². The van der Waals surface area contributed by atoms with Gasteiger partial charge in [0.05, 0.1) is 11.6 Å². The van der Waals surface area contributed by atoms with E-state index in [1.165, 1.54) is 0 Å². The van der Waals surface area contributed by atoms with Crippen molar-refractivity contribution < 1.29 is 9.47 Å². The van der Waals surface area contributed by atoms with Crippen LogP contribution in [0.1, 0.15) is 5.56 Å². The summed E-state index contributed by atoms with van der Waals surface area (Å²) >= 11 is 6.92. The average Bonchev–Trinajstić information content (AvgIpc) is 2.39. The van der Waals surface area contributed by atoms with Crippen LogP contribution >= 0.6 is 31.9 Å². The molecule has 0 fully saturated rings. The smallest absolute Gasteiger partial charge is 0.134 e. The highest BCUT2D eigenvalue weighted by molar-refractivity contribution is 9.10. The van der Waals surface area contributed by atoms with Crippen molar-refractivity contribution in [3.8, 4) is 11.5 Å². The average molecular weight is 387 g/mol. The zero-order chi connectivity index (χ0) is 13.8. The fraction of sp³-hybridized carbons (Fsp3) is 0.143. The molecule has 0 aliphatic rings. The van der Waals surface area contributed by atoms with Crippen molar-refractivity contribution in [3.63, 3.8) is 0 Å². The predicted octanol–water partition coefficient (Wildman–Crippen LogP) is 4.38. The van der Waals surface area contributed by atoms with Crippen molar-refractivity contribution in [2.24, 2.45) is 0 Å². The van der Waals surface area contributed by atoms with Gasteiger partial charge in [0.1, 0.15) is 18.1 Å². The van der Waals surface area contributed by atoms with E-state index < -0.39 is 0 Å². The molecule has 3 nitrogen and oxygen atoms in total. The van der Waals surface area contributed by atoms with E-state index >= 15 is 0 Å². The molecular weight excluding hydrogens is 374 g/mol. The lowest BCUT2D eigenvalue weighted by Gasteiger charge is -2.12. The van der Waals surface area contributed by atoms with Crippen molar-refractivity contribution in [2.45, 2.75) is 6.61 Å². The van der Waals surface area contributed by atoms with E-state index in [1.807, 2.05) is 36.4 Å². The van der Waals surface area contributed by atoms with Crippen LogP contribution in [-0.2, 0) is 6.61 Å². The van der Waals surface area contributed by atoms with E-state index in [0.29, 0.717) is 12.3 Å². The number of anilines is 1. The Bertz CT molecular complexity index is 567. The fourth-order valence-corrected chi connectivity index (χ4v) is 2.57. The first-order valence-electron chi connectivity index (χ1n) is 5.61. The van der Waals surface area contributed by atoms with Gasteiger partial charge in [-0.2, -0.15) is 0 Å². The molecule has 0 heterocycles. The predicted molar refractivity (Wildman–Crippen MR) is 83.6 cm³/mol. The normalized spacial score (nSPS) is 10.3. The van der Waals surface area contributed by atoms with Gasteiger partial charge in [0, 0.05) is 15.7 Å². The Labute approximate surface area is 129 Å². The molecule has 2 aromatic carbocycles. The minimum Gasteiger partial charge on any atom is -0.497 e. The summed E-state index contributed by atoms with van der Waals surface area (Å²) in [4.78, 5) is 0. The van der Waals surface area contributed by atoms with Gasteiger partial charge in [-0.3, -0.25) is 0 Å². The summed E-state index contributed by atoms with van der Waals surface area (Å²) in [7, 11) is 1.63. The number of hydrogen-bond donors (Lipinski definition) is 1. The van der Waals surface area contributed by atoms with E-state index in [-0.39, 0.29) is 0 Å². The van der Waals surface area contributed by atoms with Gasteiger partial charge in [0.25, 0.3) is 0 Å². The van der Waals surface area contributed by atoms with E-state index in [4.69, 9.17) is 15.2 Å². The minimum absolute atomic E-state index is 0.401. The number of methoxy groups -OCH3 is 1. The molecule has 0 aliphatic carbocycles. The highest BCUT2D eigenvalue weighted by atomic mass is 79.9. The molecule has 0 unspecified atom stereocenters. The van der Waals surface area contributed by atoms with Crippen molar-refractivity contribution in [2.75, 3.05) is 12.8 Å². The van der Waals surface area contributed by atoms with Gasteiger partial charge < -0.3 is 15.2 Å². The van der Waals surface area contributed by atoms with Crippen LogP contribution in [0.2, 0.25) is 0 Å². The zero-order valence-corrected chi connectivity index (χ0v) is 13.5. The highest BCUT2D eigenvalue weighted by Gasteiger charge is 2.07. The molecule has 0 atom stereocenters. The molecule has 0 amide bonds. The number of halogens is 2. The summed E-state index contributed by atoms with van der Waals surface area (Å²) in [6.07, 6.45) is 0. The maximum absolute atomic E-state index is 5.93. The Morgan fingerprint density at radius 3 is 2.53 bits per heavy atom. The second-order valence-corrected chi connectivity index (χ2v) is 5.60. The summed E-state index contributed by atoms with van der Waals surface area (Å²) in [6.45, 7) is 0.401. The summed E-state index contributed by atoms with van der Waals surface area (Å²) in [5, 5.41) is 0. The van der Waals surface area contributed by atoms with Crippen LogP contribution in [0.15, 0.2) is 45.3 Å². The van der Waals surface area contributed by atoms with Gasteiger partial charge in [-0.05, 0) is 46.3 Å². The lowest BCUT2D eigenvalue weighted by Crippen LogP contribution is -2.01. The van der Waals surface area contributed by atoms with E-state index in [2.05, 4.69) is 31.9 Å². The minimum atomic E-state index is 0.401. The Kier molecular flexibility index (Phi) is 4.71. The third-order valence-corrected chi connectivity index (χ3v) is 4.03. The quantitative estimate of drug-likeness (QED) is 0.793. The van der Waals surface area contributed by atoms with Crippen LogP contribution in [0.25, 0.3) is 0 Å². The standard InChI is InChI=1S/C14H13Br2NO2/c1-18-9-5-6-14(12(16)7-9)19-8-10-11(15)3-2-4-13(10)17/h2-7H,8,17H2,1H3. The van der Waals surface area contributed by atoms with Gasteiger partial charge in [-0.25, -0.2) is 0 Å². The maximum atomic E-state index is 5.93. The van der Waals surface area contributed by atoms with Crippen molar-refractivity contribution in [1.29, 1.82) is 0 Å². The van der Waals surface area contributed by atoms with Gasteiger partial charge in [-0.1, -0.05) is 22.0 Å². The first kappa shape index (κ1) is 14.2. The van der Waals surface area contributed by atoms with Gasteiger partial charge in [0.15, 0.2) is 0 Å². The number of ether oxygens (including phenoxy) is 2.